The molecule has 0 fully saturated rings. The molecule has 1 rings (SSSR count). The molecule has 0 bridgehead atoms. The van der Waals surface area contributed by atoms with Crippen molar-refractivity contribution < 1.29 is 17.9 Å². The molecule has 0 aliphatic heterocycles. The SMILES string of the molecule is CCCCOc1ccc(C(F)(F)F)cc1Cl. The van der Waals surface area contributed by atoms with E-state index in [-0.39, 0.29) is 5.02 Å². The maximum atomic E-state index is 12.3. The quantitative estimate of drug-likeness (QED) is 0.715. The standard InChI is InChI=1S/C11H12ClF3O/c1-2-3-6-16-10-5-4-8(7-9(10)12)11(13,14)15/h4-5,7H,2-3,6H2,1H3. The predicted molar refractivity (Wildman–Crippen MR) is 56.9 cm³/mol. The molecule has 0 radical (unpaired) electrons. The van der Waals surface area contributed by atoms with Crippen LogP contribution in [0.5, 0.6) is 5.75 Å². The molecule has 0 aliphatic rings. The van der Waals surface area contributed by atoms with Gasteiger partial charge >= 0.3 is 6.18 Å². The summed E-state index contributed by atoms with van der Waals surface area (Å²) < 4.78 is 42.2. The molecule has 5 heteroatoms. The Morgan fingerprint density at radius 3 is 2.50 bits per heavy atom. The van der Waals surface area contributed by atoms with Gasteiger partial charge in [-0.3, -0.25) is 0 Å². The number of ether oxygens (including phenoxy) is 1. The summed E-state index contributed by atoms with van der Waals surface area (Å²) in [6.45, 7) is 2.46. The topological polar surface area (TPSA) is 9.23 Å². The molecular weight excluding hydrogens is 241 g/mol. The molecular formula is C11H12ClF3O. The summed E-state index contributed by atoms with van der Waals surface area (Å²) in [6.07, 6.45) is -2.57. The highest BCUT2D eigenvalue weighted by Crippen LogP contribution is 2.34. The van der Waals surface area contributed by atoms with Crippen LogP contribution in [-0.2, 0) is 6.18 Å². The number of unbranched alkanes of at least 4 members (excludes halogenated alkanes) is 1. The van der Waals surface area contributed by atoms with E-state index in [1.807, 2.05) is 6.92 Å². The molecule has 0 N–H and O–H groups in total. The molecule has 0 aliphatic carbocycles. The van der Waals surface area contributed by atoms with E-state index in [4.69, 9.17) is 16.3 Å². The molecule has 0 saturated carbocycles. The minimum atomic E-state index is -4.37. The van der Waals surface area contributed by atoms with Crippen molar-refractivity contribution in [3.63, 3.8) is 0 Å². The first-order valence-corrected chi connectivity index (χ1v) is 5.32. The van der Waals surface area contributed by atoms with Crippen molar-refractivity contribution >= 4 is 11.6 Å². The lowest BCUT2D eigenvalue weighted by molar-refractivity contribution is -0.137. The van der Waals surface area contributed by atoms with Crippen molar-refractivity contribution in [1.82, 2.24) is 0 Å². The number of benzene rings is 1. The van der Waals surface area contributed by atoms with Crippen LogP contribution in [0.4, 0.5) is 13.2 Å². The van der Waals surface area contributed by atoms with Crippen LogP contribution in [0, 0.1) is 0 Å². The number of rotatable bonds is 4. The Labute approximate surface area is 97.2 Å². The maximum absolute atomic E-state index is 12.3. The maximum Gasteiger partial charge on any atom is 0.416 e. The average Bonchev–Trinajstić information content (AvgIpc) is 2.19. The summed E-state index contributed by atoms with van der Waals surface area (Å²) in [5.41, 5.74) is -0.764. The first kappa shape index (κ1) is 13.2. The van der Waals surface area contributed by atoms with Gasteiger partial charge in [0, 0.05) is 0 Å². The zero-order chi connectivity index (χ0) is 12.2. The Kier molecular flexibility index (Phi) is 4.47. The Balaban J connectivity index is 2.76. The van der Waals surface area contributed by atoms with Gasteiger partial charge in [0.15, 0.2) is 0 Å². The smallest absolute Gasteiger partial charge is 0.416 e. The second-order valence-electron chi connectivity index (χ2n) is 3.34. The number of hydrogen-bond donors (Lipinski definition) is 0. The summed E-state index contributed by atoms with van der Waals surface area (Å²) in [5.74, 6) is 0.295. The fourth-order valence-electron chi connectivity index (χ4n) is 1.12. The van der Waals surface area contributed by atoms with Gasteiger partial charge in [-0.15, -0.1) is 0 Å². The molecule has 0 atom stereocenters. The van der Waals surface area contributed by atoms with Crippen molar-refractivity contribution in [1.29, 1.82) is 0 Å². The van der Waals surface area contributed by atoms with Crippen LogP contribution in [-0.4, -0.2) is 6.61 Å². The fraction of sp³-hybridized carbons (Fsp3) is 0.455. The molecule has 90 valence electrons. The lowest BCUT2D eigenvalue weighted by atomic mass is 10.2. The Morgan fingerprint density at radius 2 is 2.00 bits per heavy atom. The average molecular weight is 253 g/mol. The highest BCUT2D eigenvalue weighted by atomic mass is 35.5. The summed E-state index contributed by atoms with van der Waals surface area (Å²) in [4.78, 5) is 0. The van der Waals surface area contributed by atoms with E-state index in [9.17, 15) is 13.2 Å². The molecule has 0 unspecified atom stereocenters. The van der Waals surface area contributed by atoms with Gasteiger partial charge in [0.2, 0.25) is 0 Å². The molecule has 0 amide bonds. The lowest BCUT2D eigenvalue weighted by Gasteiger charge is -2.10. The van der Waals surface area contributed by atoms with Gasteiger partial charge in [0.1, 0.15) is 5.75 Å². The molecule has 16 heavy (non-hydrogen) atoms. The number of alkyl halides is 3. The van der Waals surface area contributed by atoms with Crippen molar-refractivity contribution in [2.45, 2.75) is 25.9 Å². The number of halogens is 4. The zero-order valence-corrected chi connectivity index (χ0v) is 9.53. The Morgan fingerprint density at radius 1 is 1.31 bits per heavy atom. The predicted octanol–water partition coefficient (Wildman–Crippen LogP) is 4.54. The first-order valence-electron chi connectivity index (χ1n) is 4.94. The fourth-order valence-corrected chi connectivity index (χ4v) is 1.36. The van der Waals surface area contributed by atoms with E-state index in [1.165, 1.54) is 6.07 Å². The molecule has 1 aromatic rings. The minimum Gasteiger partial charge on any atom is -0.492 e. The van der Waals surface area contributed by atoms with Gasteiger partial charge < -0.3 is 4.74 Å². The normalized spacial score (nSPS) is 11.6. The van der Waals surface area contributed by atoms with Crippen LogP contribution in [0.1, 0.15) is 25.3 Å². The Hall–Kier alpha value is -0.900. The van der Waals surface area contributed by atoms with Gasteiger partial charge in [-0.2, -0.15) is 13.2 Å². The van der Waals surface area contributed by atoms with Crippen LogP contribution in [0.2, 0.25) is 5.02 Å². The molecule has 1 nitrogen and oxygen atoms in total. The highest BCUT2D eigenvalue weighted by Gasteiger charge is 2.30. The molecule has 0 spiro atoms. The van der Waals surface area contributed by atoms with Crippen molar-refractivity contribution in [2.24, 2.45) is 0 Å². The first-order chi connectivity index (χ1) is 7.45. The van der Waals surface area contributed by atoms with Gasteiger partial charge in [-0.05, 0) is 24.6 Å². The molecule has 1 aromatic carbocycles. The van der Waals surface area contributed by atoms with Gasteiger partial charge in [-0.25, -0.2) is 0 Å². The summed E-state index contributed by atoms with van der Waals surface area (Å²) >= 11 is 5.69. The molecule has 0 heterocycles. The lowest BCUT2D eigenvalue weighted by Crippen LogP contribution is -2.05. The second kappa shape index (κ2) is 5.43. The summed E-state index contributed by atoms with van der Waals surface area (Å²) in [7, 11) is 0. The van der Waals surface area contributed by atoms with Crippen LogP contribution in [0.15, 0.2) is 18.2 Å². The third kappa shape index (κ3) is 3.59. The van der Waals surface area contributed by atoms with Crippen molar-refractivity contribution in [2.75, 3.05) is 6.61 Å². The van der Waals surface area contributed by atoms with Crippen LogP contribution >= 0.6 is 11.6 Å². The summed E-state index contributed by atoms with van der Waals surface area (Å²) in [5, 5.41) is -0.00840. The van der Waals surface area contributed by atoms with Crippen molar-refractivity contribution in [3.05, 3.63) is 28.8 Å². The molecule has 0 saturated heterocycles. The molecule has 0 aromatic heterocycles. The van der Waals surface area contributed by atoms with Gasteiger partial charge in [0.25, 0.3) is 0 Å². The van der Waals surface area contributed by atoms with E-state index in [1.54, 1.807) is 0 Å². The van der Waals surface area contributed by atoms with E-state index in [2.05, 4.69) is 0 Å². The van der Waals surface area contributed by atoms with Crippen molar-refractivity contribution in [3.8, 4) is 5.75 Å². The van der Waals surface area contributed by atoms with Crippen LogP contribution in [0.3, 0.4) is 0 Å². The van der Waals surface area contributed by atoms with E-state index < -0.39 is 11.7 Å². The monoisotopic (exact) mass is 252 g/mol. The van der Waals surface area contributed by atoms with E-state index >= 15 is 0 Å². The highest BCUT2D eigenvalue weighted by molar-refractivity contribution is 6.32. The van der Waals surface area contributed by atoms with E-state index in [0.717, 1.165) is 25.0 Å². The third-order valence-electron chi connectivity index (χ3n) is 2.01. The van der Waals surface area contributed by atoms with Gasteiger partial charge in [-0.1, -0.05) is 24.9 Å². The number of hydrogen-bond acceptors (Lipinski definition) is 1. The second-order valence-corrected chi connectivity index (χ2v) is 3.75. The van der Waals surface area contributed by atoms with Crippen LogP contribution < -0.4 is 4.74 Å². The van der Waals surface area contributed by atoms with E-state index in [0.29, 0.717) is 12.4 Å². The van der Waals surface area contributed by atoms with Gasteiger partial charge in [0.05, 0.1) is 17.2 Å². The minimum absolute atomic E-state index is 0.00840. The third-order valence-corrected chi connectivity index (χ3v) is 2.31. The largest absolute Gasteiger partial charge is 0.492 e. The Bertz CT molecular complexity index is 350. The van der Waals surface area contributed by atoms with Crippen LogP contribution in [0.25, 0.3) is 0 Å². The summed E-state index contributed by atoms with van der Waals surface area (Å²) in [6, 6.07) is 3.09. The zero-order valence-electron chi connectivity index (χ0n) is 8.77.